The van der Waals surface area contributed by atoms with Crippen LogP contribution in [0.3, 0.4) is 0 Å². The van der Waals surface area contributed by atoms with E-state index in [1.54, 1.807) is 0 Å². The van der Waals surface area contributed by atoms with Crippen molar-refractivity contribution in [3.05, 3.63) is 54.6 Å². The van der Waals surface area contributed by atoms with Gasteiger partial charge in [0, 0.05) is 5.56 Å². The van der Waals surface area contributed by atoms with E-state index < -0.39 is 0 Å². The van der Waals surface area contributed by atoms with Crippen LogP contribution in [-0.4, -0.2) is 9.97 Å². The Morgan fingerprint density at radius 1 is 0.941 bits per heavy atom. The molecule has 1 heterocycles. The van der Waals surface area contributed by atoms with Crippen molar-refractivity contribution in [3.63, 3.8) is 0 Å². The molecule has 3 rings (SSSR count). The molecule has 0 amide bonds. The van der Waals surface area contributed by atoms with Gasteiger partial charge in [0.05, 0.1) is 11.0 Å². The van der Waals surface area contributed by atoms with Crippen LogP contribution in [0.4, 0.5) is 5.82 Å². The SMILES string of the molecule is Nc1nc2ccccc2nc1-c1c[c]ccc1. The third-order valence-corrected chi connectivity index (χ3v) is 2.58. The predicted molar refractivity (Wildman–Crippen MR) is 68.2 cm³/mol. The number of nitrogens with zero attached hydrogens (tertiary/aromatic N) is 2. The zero-order chi connectivity index (χ0) is 11.7. The molecular formula is C14H10N3. The number of hydrogen-bond donors (Lipinski definition) is 1. The van der Waals surface area contributed by atoms with Crippen LogP contribution in [0.25, 0.3) is 22.3 Å². The molecule has 2 N–H and O–H groups in total. The Bertz CT molecular complexity index is 663. The van der Waals surface area contributed by atoms with Crippen LogP contribution in [0.2, 0.25) is 0 Å². The van der Waals surface area contributed by atoms with E-state index in [-0.39, 0.29) is 0 Å². The lowest BCUT2D eigenvalue weighted by Gasteiger charge is -2.05. The molecule has 17 heavy (non-hydrogen) atoms. The number of fused-ring (bicyclic) bond motifs is 1. The number of rotatable bonds is 1. The molecule has 3 heteroatoms. The van der Waals surface area contributed by atoms with Crippen molar-refractivity contribution in [2.75, 3.05) is 5.73 Å². The summed E-state index contributed by atoms with van der Waals surface area (Å²) in [6.07, 6.45) is 0. The highest BCUT2D eigenvalue weighted by Gasteiger charge is 2.07. The van der Waals surface area contributed by atoms with Crippen molar-refractivity contribution in [1.82, 2.24) is 9.97 Å². The van der Waals surface area contributed by atoms with E-state index in [0.717, 1.165) is 16.6 Å². The molecule has 0 fully saturated rings. The summed E-state index contributed by atoms with van der Waals surface area (Å²) in [5, 5.41) is 0. The topological polar surface area (TPSA) is 51.8 Å². The third kappa shape index (κ3) is 1.72. The zero-order valence-electron chi connectivity index (χ0n) is 9.09. The lowest BCUT2D eigenvalue weighted by atomic mass is 10.1. The second-order valence-corrected chi connectivity index (χ2v) is 3.74. The average Bonchev–Trinajstić information content (AvgIpc) is 2.39. The molecule has 0 atom stereocenters. The van der Waals surface area contributed by atoms with Crippen molar-refractivity contribution in [1.29, 1.82) is 0 Å². The van der Waals surface area contributed by atoms with E-state index in [4.69, 9.17) is 5.73 Å². The highest BCUT2D eigenvalue weighted by Crippen LogP contribution is 2.24. The van der Waals surface area contributed by atoms with Gasteiger partial charge in [0.1, 0.15) is 5.69 Å². The fourth-order valence-corrected chi connectivity index (χ4v) is 1.77. The maximum absolute atomic E-state index is 5.93. The van der Waals surface area contributed by atoms with E-state index in [1.807, 2.05) is 48.5 Å². The van der Waals surface area contributed by atoms with Crippen molar-refractivity contribution < 1.29 is 0 Å². The summed E-state index contributed by atoms with van der Waals surface area (Å²) < 4.78 is 0. The second kappa shape index (κ2) is 3.87. The number of aromatic nitrogens is 2. The Labute approximate surface area is 98.9 Å². The summed E-state index contributed by atoms with van der Waals surface area (Å²) in [7, 11) is 0. The lowest BCUT2D eigenvalue weighted by Crippen LogP contribution is -1.98. The molecule has 0 aliphatic rings. The Hall–Kier alpha value is -2.42. The molecule has 0 spiro atoms. The van der Waals surface area contributed by atoms with Gasteiger partial charge in [-0.2, -0.15) is 0 Å². The molecule has 0 aliphatic carbocycles. The Morgan fingerprint density at radius 3 is 2.41 bits per heavy atom. The quantitative estimate of drug-likeness (QED) is 0.686. The van der Waals surface area contributed by atoms with Crippen molar-refractivity contribution in [2.45, 2.75) is 0 Å². The highest BCUT2D eigenvalue weighted by atomic mass is 14.9. The summed E-state index contributed by atoms with van der Waals surface area (Å²) in [5.74, 6) is 0.448. The van der Waals surface area contributed by atoms with Gasteiger partial charge in [0.15, 0.2) is 5.82 Å². The monoisotopic (exact) mass is 220 g/mol. The molecule has 0 unspecified atom stereocenters. The molecule has 0 aliphatic heterocycles. The van der Waals surface area contributed by atoms with E-state index in [9.17, 15) is 0 Å². The van der Waals surface area contributed by atoms with Gasteiger partial charge in [-0.1, -0.05) is 30.3 Å². The molecule has 1 aromatic heterocycles. The number of anilines is 1. The first-order chi connectivity index (χ1) is 8.34. The fraction of sp³-hybridized carbons (Fsp3) is 0. The average molecular weight is 220 g/mol. The molecule has 2 aromatic carbocycles. The largest absolute Gasteiger partial charge is 0.382 e. The Morgan fingerprint density at radius 2 is 1.71 bits per heavy atom. The van der Waals surface area contributed by atoms with Crippen LogP contribution in [-0.2, 0) is 0 Å². The van der Waals surface area contributed by atoms with Crippen LogP contribution in [0.5, 0.6) is 0 Å². The van der Waals surface area contributed by atoms with Gasteiger partial charge < -0.3 is 5.73 Å². The Balaban J connectivity index is 2.27. The van der Waals surface area contributed by atoms with Crippen LogP contribution >= 0.6 is 0 Å². The molecular weight excluding hydrogens is 210 g/mol. The summed E-state index contributed by atoms with van der Waals surface area (Å²) >= 11 is 0. The van der Waals surface area contributed by atoms with Gasteiger partial charge in [-0.05, 0) is 24.3 Å². The van der Waals surface area contributed by atoms with E-state index in [0.29, 0.717) is 11.5 Å². The van der Waals surface area contributed by atoms with Crippen molar-refractivity contribution in [2.24, 2.45) is 0 Å². The first kappa shape index (κ1) is 9.78. The minimum atomic E-state index is 0.448. The normalized spacial score (nSPS) is 10.6. The molecule has 0 bridgehead atoms. The maximum Gasteiger partial charge on any atom is 0.150 e. The summed E-state index contributed by atoms with van der Waals surface area (Å²) in [6, 6.07) is 18.3. The molecule has 3 nitrogen and oxygen atoms in total. The van der Waals surface area contributed by atoms with E-state index in [2.05, 4.69) is 16.0 Å². The standard InChI is InChI=1S/C14H10N3/c15-14-13(10-6-2-1-3-7-10)16-11-8-4-5-9-12(11)17-14/h1-2,4-9H,(H2,15,17). The second-order valence-electron chi connectivity index (χ2n) is 3.74. The fourth-order valence-electron chi connectivity index (χ4n) is 1.77. The van der Waals surface area contributed by atoms with E-state index in [1.165, 1.54) is 0 Å². The smallest absolute Gasteiger partial charge is 0.150 e. The van der Waals surface area contributed by atoms with Gasteiger partial charge in [-0.25, -0.2) is 9.97 Å². The predicted octanol–water partition coefficient (Wildman–Crippen LogP) is 2.68. The molecule has 0 saturated heterocycles. The summed E-state index contributed by atoms with van der Waals surface area (Å²) in [4.78, 5) is 8.89. The number of nitrogen functional groups attached to an aromatic ring is 1. The van der Waals surface area contributed by atoms with Crippen molar-refractivity contribution in [3.8, 4) is 11.3 Å². The van der Waals surface area contributed by atoms with Gasteiger partial charge in [0.2, 0.25) is 0 Å². The van der Waals surface area contributed by atoms with Crippen LogP contribution < -0.4 is 5.73 Å². The Kier molecular flexibility index (Phi) is 2.22. The minimum absolute atomic E-state index is 0.448. The molecule has 0 saturated carbocycles. The van der Waals surface area contributed by atoms with Gasteiger partial charge in [0.25, 0.3) is 0 Å². The van der Waals surface area contributed by atoms with Gasteiger partial charge >= 0.3 is 0 Å². The third-order valence-electron chi connectivity index (χ3n) is 2.58. The van der Waals surface area contributed by atoms with Gasteiger partial charge in [-0.15, -0.1) is 0 Å². The number of para-hydroxylation sites is 2. The van der Waals surface area contributed by atoms with Gasteiger partial charge in [-0.3, -0.25) is 0 Å². The lowest BCUT2D eigenvalue weighted by molar-refractivity contribution is 1.30. The summed E-state index contributed by atoms with van der Waals surface area (Å²) in [6.45, 7) is 0. The first-order valence-electron chi connectivity index (χ1n) is 5.33. The minimum Gasteiger partial charge on any atom is -0.382 e. The zero-order valence-corrected chi connectivity index (χ0v) is 9.09. The van der Waals surface area contributed by atoms with Crippen LogP contribution in [0.15, 0.2) is 48.5 Å². The number of nitrogens with two attached hydrogens (primary N) is 1. The number of hydrogen-bond acceptors (Lipinski definition) is 3. The van der Waals surface area contributed by atoms with Crippen molar-refractivity contribution >= 4 is 16.9 Å². The summed E-state index contributed by atoms with van der Waals surface area (Å²) in [5.41, 5.74) is 9.23. The first-order valence-corrected chi connectivity index (χ1v) is 5.33. The molecule has 81 valence electrons. The van der Waals surface area contributed by atoms with Crippen LogP contribution in [0, 0.1) is 6.07 Å². The molecule has 1 radical (unpaired) electrons. The van der Waals surface area contributed by atoms with E-state index >= 15 is 0 Å². The maximum atomic E-state index is 5.93. The molecule has 3 aromatic rings. The van der Waals surface area contributed by atoms with Crippen LogP contribution in [0.1, 0.15) is 0 Å². The number of benzene rings is 2. The highest BCUT2D eigenvalue weighted by molar-refractivity contribution is 5.82.